The molecule has 8 aromatic carbocycles. The van der Waals surface area contributed by atoms with E-state index in [1.54, 1.807) is 0 Å². The van der Waals surface area contributed by atoms with Gasteiger partial charge in [0.25, 0.3) is 0 Å². The number of rotatable bonds is 4. The van der Waals surface area contributed by atoms with Crippen molar-refractivity contribution in [3.05, 3.63) is 222 Å². The van der Waals surface area contributed by atoms with E-state index in [1.165, 1.54) is 98.8 Å². The molecule has 4 heterocycles. The summed E-state index contributed by atoms with van der Waals surface area (Å²) in [5.74, 6) is 0. The lowest BCUT2D eigenvalue weighted by Gasteiger charge is -2.47. The number of hydrogen-bond acceptors (Lipinski definition) is 3. The number of aromatic nitrogens is 3. The molecule has 3 atom stereocenters. The van der Waals surface area contributed by atoms with Crippen molar-refractivity contribution in [3.63, 3.8) is 0 Å². The Morgan fingerprint density at radius 1 is 0.576 bits per heavy atom. The van der Waals surface area contributed by atoms with Crippen LogP contribution in [-0.4, -0.2) is 14.1 Å². The Morgan fingerprint density at radius 3 is 1.98 bits per heavy atom. The molecule has 316 valence electrons. The van der Waals surface area contributed by atoms with Crippen LogP contribution in [0.2, 0.25) is 0 Å². The normalized spacial score (nSPS) is 19.9. The molecule has 0 fully saturated rings. The predicted molar refractivity (Wildman–Crippen MR) is 275 cm³/mol. The second kappa shape index (κ2) is 13.6. The van der Waals surface area contributed by atoms with Crippen LogP contribution in [0, 0.1) is 0 Å². The molecule has 1 aliphatic heterocycles. The van der Waals surface area contributed by atoms with E-state index in [2.05, 4.69) is 229 Å². The average Bonchev–Trinajstić information content (AvgIpc) is 3.93. The van der Waals surface area contributed by atoms with Crippen molar-refractivity contribution in [2.45, 2.75) is 50.2 Å². The van der Waals surface area contributed by atoms with Crippen LogP contribution in [0.25, 0.3) is 87.4 Å². The lowest BCUT2D eigenvalue weighted by atomic mass is 9.75. The summed E-state index contributed by atoms with van der Waals surface area (Å²) in [7, 11) is 0. The molecule has 11 aromatic rings. The minimum Gasteiger partial charge on any atom is -0.376 e. The summed E-state index contributed by atoms with van der Waals surface area (Å²) in [4.78, 5) is 5.33. The molecule has 0 radical (unpaired) electrons. The van der Waals surface area contributed by atoms with Gasteiger partial charge >= 0.3 is 0 Å². The Morgan fingerprint density at radius 2 is 1.24 bits per heavy atom. The lowest BCUT2D eigenvalue weighted by molar-refractivity contribution is 0.284. The Hall–Kier alpha value is -7.89. The average molecular weight is 850 g/mol. The van der Waals surface area contributed by atoms with E-state index in [0.29, 0.717) is 0 Å². The van der Waals surface area contributed by atoms with E-state index in [4.69, 9.17) is 4.98 Å². The van der Waals surface area contributed by atoms with Gasteiger partial charge in [-0.05, 0) is 100 Å². The van der Waals surface area contributed by atoms with Gasteiger partial charge in [-0.25, -0.2) is 0 Å². The predicted octanol–water partition coefficient (Wildman–Crippen LogP) is 14.6. The Bertz CT molecular complexity index is 3890. The number of para-hydroxylation sites is 1. The van der Waals surface area contributed by atoms with Gasteiger partial charge in [-0.15, -0.1) is 0 Å². The number of nitrogens with zero attached hydrogens (tertiary/aromatic N) is 3. The topological polar surface area (TPSA) is 46.8 Å². The first-order valence-corrected chi connectivity index (χ1v) is 23.4. The summed E-state index contributed by atoms with van der Waals surface area (Å²) in [6.45, 7) is 7.14. The smallest absolute Gasteiger partial charge is 0.0946 e. The van der Waals surface area contributed by atoms with Crippen molar-refractivity contribution in [1.82, 2.24) is 24.8 Å². The molecule has 0 amide bonds. The highest BCUT2D eigenvalue weighted by atomic mass is 15.2. The maximum Gasteiger partial charge on any atom is 0.0946 e. The molecule has 3 aliphatic rings. The molecule has 2 aliphatic carbocycles. The number of pyridine rings is 1. The number of nitrogens with one attached hydrogen (secondary N) is 2. The zero-order valence-electron chi connectivity index (χ0n) is 37.2. The minimum absolute atomic E-state index is 0.171. The van der Waals surface area contributed by atoms with Gasteiger partial charge in [0.05, 0.1) is 51.1 Å². The number of fused-ring (bicyclic) bond motifs is 11. The molecule has 2 N–H and O–H groups in total. The number of allylic oxidation sites excluding steroid dienone is 5. The van der Waals surface area contributed by atoms with Crippen molar-refractivity contribution in [2.75, 3.05) is 0 Å². The van der Waals surface area contributed by atoms with Crippen LogP contribution in [0.4, 0.5) is 0 Å². The summed E-state index contributed by atoms with van der Waals surface area (Å²) in [5, 5.41) is 19.8. The molecule has 0 bridgehead atoms. The zero-order chi connectivity index (χ0) is 43.9. The molecule has 5 heteroatoms. The molecule has 0 spiro atoms. The quantitative estimate of drug-likeness (QED) is 0.185. The SMILES string of the molecule is CC1(C)C2=C(NC(C)(c3ccc(-n4c5cc6ccccc6cc5c5cc6ccccc6cc54)c4ncccc34)C(c3cccc4c3c3ccccc3n4C3C=CC=CC3)N2)c2ccccc21. The molecule has 3 aromatic heterocycles. The van der Waals surface area contributed by atoms with Crippen LogP contribution in [-0.2, 0) is 11.0 Å². The zero-order valence-corrected chi connectivity index (χ0v) is 37.2. The summed E-state index contributed by atoms with van der Waals surface area (Å²) in [6, 6.07) is 61.0. The van der Waals surface area contributed by atoms with Gasteiger partial charge in [-0.2, -0.15) is 0 Å². The fraction of sp³-hybridized carbons (Fsp3) is 0.131. The third-order valence-corrected chi connectivity index (χ3v) is 15.4. The van der Waals surface area contributed by atoms with Crippen molar-refractivity contribution >= 4 is 81.8 Å². The minimum atomic E-state index is -0.648. The summed E-state index contributed by atoms with van der Waals surface area (Å²) >= 11 is 0. The van der Waals surface area contributed by atoms with Gasteiger partial charge < -0.3 is 19.8 Å². The third-order valence-electron chi connectivity index (χ3n) is 15.4. The van der Waals surface area contributed by atoms with Crippen LogP contribution in [0.1, 0.15) is 61.5 Å². The van der Waals surface area contributed by atoms with Gasteiger partial charge in [0.2, 0.25) is 0 Å². The van der Waals surface area contributed by atoms with Crippen LogP contribution in [0.3, 0.4) is 0 Å². The highest BCUT2D eigenvalue weighted by Gasteiger charge is 2.50. The van der Waals surface area contributed by atoms with E-state index in [1.807, 2.05) is 6.20 Å². The van der Waals surface area contributed by atoms with Crippen molar-refractivity contribution in [3.8, 4) is 5.69 Å². The fourth-order valence-electron chi connectivity index (χ4n) is 12.3. The lowest BCUT2D eigenvalue weighted by Crippen LogP contribution is -2.54. The van der Waals surface area contributed by atoms with E-state index in [9.17, 15) is 0 Å². The Kier molecular flexibility index (Phi) is 7.71. The summed E-state index contributed by atoms with van der Waals surface area (Å²) in [6.07, 6.45) is 11.9. The Balaban J connectivity index is 1.04. The van der Waals surface area contributed by atoms with E-state index >= 15 is 0 Å². The van der Waals surface area contributed by atoms with E-state index in [-0.39, 0.29) is 17.5 Å². The van der Waals surface area contributed by atoms with Gasteiger partial charge in [-0.3, -0.25) is 4.98 Å². The molecule has 0 saturated heterocycles. The summed E-state index contributed by atoms with van der Waals surface area (Å²) in [5.41, 5.74) is 13.5. The van der Waals surface area contributed by atoms with Crippen molar-refractivity contribution in [1.29, 1.82) is 0 Å². The van der Waals surface area contributed by atoms with E-state index in [0.717, 1.165) is 23.0 Å². The van der Waals surface area contributed by atoms with Crippen molar-refractivity contribution < 1.29 is 0 Å². The monoisotopic (exact) mass is 849 g/mol. The van der Waals surface area contributed by atoms with Gasteiger partial charge in [0.1, 0.15) is 0 Å². The van der Waals surface area contributed by atoms with Crippen LogP contribution >= 0.6 is 0 Å². The second-order valence-electron chi connectivity index (χ2n) is 19.4. The largest absolute Gasteiger partial charge is 0.376 e. The highest BCUT2D eigenvalue weighted by molar-refractivity contribution is 6.17. The molecular weight excluding hydrogens is 803 g/mol. The van der Waals surface area contributed by atoms with Crippen LogP contribution < -0.4 is 10.6 Å². The first kappa shape index (κ1) is 37.5. The van der Waals surface area contributed by atoms with Crippen LogP contribution in [0.5, 0.6) is 0 Å². The van der Waals surface area contributed by atoms with Gasteiger partial charge in [0.15, 0.2) is 0 Å². The maximum absolute atomic E-state index is 5.33. The standard InChI is InChI=1S/C61H47N5/c1-60(2)48-27-13-11-23-42(48)57-59(60)63-58(45-25-15-29-51-55(45)44-24-12-14-28-50(44)65(51)41-21-5-4-6-22-41)61(3,64-57)49-30-31-52(56-43(49)26-16-32-62-56)66-53-35-39-19-9-7-17-37(39)33-46(53)47-34-38-18-8-10-20-40(38)36-54(47)66/h4-21,23-36,41,58,63-64H,22H2,1-3H3. The summed E-state index contributed by atoms with van der Waals surface area (Å²) < 4.78 is 5.03. The molecule has 0 saturated carbocycles. The first-order valence-electron chi connectivity index (χ1n) is 23.4. The molecule has 3 unspecified atom stereocenters. The highest BCUT2D eigenvalue weighted by Crippen LogP contribution is 2.54. The van der Waals surface area contributed by atoms with Gasteiger partial charge in [-0.1, -0.05) is 153 Å². The van der Waals surface area contributed by atoms with Crippen molar-refractivity contribution in [2.24, 2.45) is 0 Å². The molecule has 5 nitrogen and oxygen atoms in total. The number of hydrogen-bond donors (Lipinski definition) is 2. The Labute approximate surface area is 383 Å². The molecule has 66 heavy (non-hydrogen) atoms. The third kappa shape index (κ3) is 5.08. The molecule has 14 rings (SSSR count). The molecular formula is C61H47N5. The van der Waals surface area contributed by atoms with E-state index < -0.39 is 5.54 Å². The van der Waals surface area contributed by atoms with Crippen LogP contribution in [0.15, 0.2) is 200 Å². The second-order valence-corrected chi connectivity index (χ2v) is 19.4. The number of benzene rings is 8. The fourth-order valence-corrected chi connectivity index (χ4v) is 12.3. The van der Waals surface area contributed by atoms with Gasteiger partial charge in [0, 0.05) is 55.3 Å². The first-order chi connectivity index (χ1) is 32.4. The maximum atomic E-state index is 5.33.